The minimum absolute atomic E-state index is 0.276. The summed E-state index contributed by atoms with van der Waals surface area (Å²) in [5, 5.41) is 4.29. The van der Waals surface area contributed by atoms with Crippen LogP contribution in [-0.4, -0.2) is 9.97 Å². The Labute approximate surface area is 117 Å². The van der Waals surface area contributed by atoms with E-state index in [1.54, 1.807) is 0 Å². The van der Waals surface area contributed by atoms with Gasteiger partial charge >= 0.3 is 0 Å². The van der Waals surface area contributed by atoms with Crippen LogP contribution in [0.2, 0.25) is 0 Å². The Balaban J connectivity index is 2.05. The molecule has 0 amide bonds. The molecule has 2 aromatic carbocycles. The summed E-state index contributed by atoms with van der Waals surface area (Å²) in [7, 11) is 0. The zero-order valence-electron chi connectivity index (χ0n) is 11.3. The third-order valence-electron chi connectivity index (χ3n) is 3.22. The van der Waals surface area contributed by atoms with Crippen molar-refractivity contribution in [1.29, 1.82) is 0 Å². The molecule has 0 saturated carbocycles. The minimum atomic E-state index is 0.276. The van der Waals surface area contributed by atoms with Gasteiger partial charge in [0.1, 0.15) is 5.82 Å². The van der Waals surface area contributed by atoms with Gasteiger partial charge in [0.25, 0.3) is 0 Å². The third kappa shape index (κ3) is 2.40. The van der Waals surface area contributed by atoms with E-state index in [1.807, 2.05) is 36.4 Å². The molecule has 20 heavy (non-hydrogen) atoms. The van der Waals surface area contributed by atoms with Crippen molar-refractivity contribution in [1.82, 2.24) is 9.97 Å². The fourth-order valence-electron chi connectivity index (χ4n) is 2.20. The minimum Gasteiger partial charge on any atom is -0.368 e. The molecule has 0 aliphatic carbocycles. The summed E-state index contributed by atoms with van der Waals surface area (Å²) in [6, 6.07) is 16.1. The summed E-state index contributed by atoms with van der Waals surface area (Å²) < 4.78 is 0. The highest BCUT2D eigenvalue weighted by molar-refractivity contribution is 5.91. The van der Waals surface area contributed by atoms with Crippen molar-refractivity contribution < 1.29 is 0 Å². The van der Waals surface area contributed by atoms with Gasteiger partial charge < -0.3 is 11.1 Å². The molecule has 0 saturated heterocycles. The predicted octanol–water partition coefficient (Wildman–Crippen LogP) is 3.52. The number of nitrogens with one attached hydrogen (secondary N) is 1. The molecular formula is C16H16N4. The average molecular weight is 264 g/mol. The second kappa shape index (κ2) is 5.17. The van der Waals surface area contributed by atoms with E-state index in [9.17, 15) is 0 Å². The molecule has 1 heterocycles. The molecule has 0 bridgehead atoms. The molecule has 4 heteroatoms. The van der Waals surface area contributed by atoms with E-state index in [1.165, 1.54) is 5.56 Å². The van der Waals surface area contributed by atoms with Gasteiger partial charge in [-0.1, -0.05) is 31.2 Å². The van der Waals surface area contributed by atoms with Crippen LogP contribution >= 0.6 is 0 Å². The number of nitrogen functional groups attached to an aromatic ring is 1. The highest BCUT2D eigenvalue weighted by atomic mass is 15.1. The molecule has 0 aliphatic heterocycles. The SMILES string of the molecule is CCc1cccc(Nc2nc(N)nc3ccccc23)c1. The average Bonchev–Trinajstić information content (AvgIpc) is 2.47. The second-order valence-electron chi connectivity index (χ2n) is 4.63. The first-order valence-electron chi connectivity index (χ1n) is 6.64. The molecule has 1 aromatic heterocycles. The number of anilines is 3. The van der Waals surface area contributed by atoms with Crippen molar-refractivity contribution in [3.8, 4) is 0 Å². The summed E-state index contributed by atoms with van der Waals surface area (Å²) in [5.41, 5.74) is 8.90. The van der Waals surface area contributed by atoms with Crippen LogP contribution in [-0.2, 0) is 6.42 Å². The van der Waals surface area contributed by atoms with Gasteiger partial charge in [0.05, 0.1) is 5.52 Å². The zero-order chi connectivity index (χ0) is 13.9. The van der Waals surface area contributed by atoms with E-state index in [0.29, 0.717) is 0 Å². The van der Waals surface area contributed by atoms with Crippen molar-refractivity contribution in [2.75, 3.05) is 11.1 Å². The van der Waals surface area contributed by atoms with Crippen LogP contribution in [0.5, 0.6) is 0 Å². The Kier molecular flexibility index (Phi) is 3.21. The number of hydrogen-bond donors (Lipinski definition) is 2. The maximum atomic E-state index is 5.77. The van der Waals surface area contributed by atoms with Gasteiger partial charge in [-0.15, -0.1) is 0 Å². The number of aryl methyl sites for hydroxylation is 1. The molecule has 100 valence electrons. The smallest absolute Gasteiger partial charge is 0.222 e. The Morgan fingerprint density at radius 3 is 2.75 bits per heavy atom. The molecule has 0 atom stereocenters. The van der Waals surface area contributed by atoms with Gasteiger partial charge in [-0.25, -0.2) is 4.98 Å². The summed E-state index contributed by atoms with van der Waals surface area (Å²) in [4.78, 5) is 8.55. The third-order valence-corrected chi connectivity index (χ3v) is 3.22. The number of aromatic nitrogens is 2. The standard InChI is InChI=1S/C16H16N4/c1-2-11-6-5-7-12(10-11)18-15-13-8-3-4-9-14(13)19-16(17)20-15/h3-10H,2H2,1H3,(H3,17,18,19,20). The van der Waals surface area contributed by atoms with Crippen molar-refractivity contribution in [2.24, 2.45) is 0 Å². The van der Waals surface area contributed by atoms with E-state index in [2.05, 4.69) is 34.3 Å². The number of nitrogens with zero attached hydrogens (tertiary/aromatic N) is 2. The maximum Gasteiger partial charge on any atom is 0.222 e. The monoisotopic (exact) mass is 264 g/mol. The Morgan fingerprint density at radius 2 is 1.90 bits per heavy atom. The van der Waals surface area contributed by atoms with Gasteiger partial charge in [-0.05, 0) is 36.2 Å². The summed E-state index contributed by atoms with van der Waals surface area (Å²) in [5.74, 6) is 1.01. The number of benzene rings is 2. The van der Waals surface area contributed by atoms with Gasteiger partial charge in [-0.2, -0.15) is 4.98 Å². The van der Waals surface area contributed by atoms with Crippen molar-refractivity contribution in [2.45, 2.75) is 13.3 Å². The van der Waals surface area contributed by atoms with E-state index < -0.39 is 0 Å². The fourth-order valence-corrected chi connectivity index (χ4v) is 2.20. The molecule has 3 rings (SSSR count). The number of para-hydroxylation sites is 1. The lowest BCUT2D eigenvalue weighted by Gasteiger charge is -2.10. The highest BCUT2D eigenvalue weighted by Gasteiger charge is 2.06. The van der Waals surface area contributed by atoms with Crippen LogP contribution in [0.4, 0.5) is 17.5 Å². The maximum absolute atomic E-state index is 5.77. The van der Waals surface area contributed by atoms with Crippen molar-refractivity contribution in [3.05, 3.63) is 54.1 Å². The molecular weight excluding hydrogens is 248 g/mol. The first kappa shape index (κ1) is 12.4. The van der Waals surface area contributed by atoms with Crippen molar-refractivity contribution in [3.63, 3.8) is 0 Å². The lowest BCUT2D eigenvalue weighted by atomic mass is 10.1. The second-order valence-corrected chi connectivity index (χ2v) is 4.63. The van der Waals surface area contributed by atoms with Crippen molar-refractivity contribution >= 4 is 28.4 Å². The van der Waals surface area contributed by atoms with Crippen LogP contribution in [0.3, 0.4) is 0 Å². The normalized spacial score (nSPS) is 10.7. The first-order chi connectivity index (χ1) is 9.76. The van der Waals surface area contributed by atoms with Crippen LogP contribution < -0.4 is 11.1 Å². The molecule has 0 fully saturated rings. The van der Waals surface area contributed by atoms with Crippen LogP contribution in [0.25, 0.3) is 10.9 Å². The van der Waals surface area contributed by atoms with E-state index in [-0.39, 0.29) is 5.95 Å². The van der Waals surface area contributed by atoms with E-state index in [4.69, 9.17) is 5.73 Å². The van der Waals surface area contributed by atoms with E-state index >= 15 is 0 Å². The summed E-state index contributed by atoms with van der Waals surface area (Å²) in [6.45, 7) is 2.14. The number of fused-ring (bicyclic) bond motifs is 1. The Hall–Kier alpha value is -2.62. The largest absolute Gasteiger partial charge is 0.368 e. The van der Waals surface area contributed by atoms with Gasteiger partial charge in [0.15, 0.2) is 0 Å². The lowest BCUT2D eigenvalue weighted by Crippen LogP contribution is -2.01. The molecule has 3 N–H and O–H groups in total. The first-order valence-corrected chi connectivity index (χ1v) is 6.64. The van der Waals surface area contributed by atoms with Gasteiger partial charge in [0, 0.05) is 11.1 Å². The highest BCUT2D eigenvalue weighted by Crippen LogP contribution is 2.24. The number of hydrogen-bond acceptors (Lipinski definition) is 4. The number of nitrogens with two attached hydrogens (primary N) is 1. The fraction of sp³-hybridized carbons (Fsp3) is 0.125. The van der Waals surface area contributed by atoms with Crippen LogP contribution in [0.1, 0.15) is 12.5 Å². The Morgan fingerprint density at radius 1 is 1.05 bits per heavy atom. The van der Waals surface area contributed by atoms with Crippen LogP contribution in [0.15, 0.2) is 48.5 Å². The Bertz CT molecular complexity index is 752. The molecule has 0 unspecified atom stereocenters. The predicted molar refractivity (Wildman–Crippen MR) is 83.1 cm³/mol. The molecule has 0 aliphatic rings. The molecule has 0 radical (unpaired) electrons. The summed E-state index contributed by atoms with van der Waals surface area (Å²) >= 11 is 0. The quantitative estimate of drug-likeness (QED) is 0.759. The number of rotatable bonds is 3. The zero-order valence-corrected chi connectivity index (χ0v) is 11.3. The van der Waals surface area contributed by atoms with Crippen LogP contribution in [0, 0.1) is 0 Å². The van der Waals surface area contributed by atoms with Gasteiger partial charge in [-0.3, -0.25) is 0 Å². The topological polar surface area (TPSA) is 63.8 Å². The molecule has 4 nitrogen and oxygen atoms in total. The van der Waals surface area contributed by atoms with Gasteiger partial charge in [0.2, 0.25) is 5.95 Å². The lowest BCUT2D eigenvalue weighted by molar-refractivity contribution is 1.14. The molecule has 0 spiro atoms. The molecule has 3 aromatic rings. The van der Waals surface area contributed by atoms with E-state index in [0.717, 1.165) is 28.8 Å². The summed E-state index contributed by atoms with van der Waals surface area (Å²) in [6.07, 6.45) is 1.00.